The highest BCUT2D eigenvalue weighted by atomic mass is 16.5. The molecule has 110 valence electrons. The van der Waals surface area contributed by atoms with Crippen LogP contribution in [-0.2, 0) is 4.74 Å². The second-order valence-electron chi connectivity index (χ2n) is 5.26. The van der Waals surface area contributed by atoms with Crippen LogP contribution in [0.2, 0.25) is 0 Å². The summed E-state index contributed by atoms with van der Waals surface area (Å²) in [6.07, 6.45) is 0. The number of rotatable bonds is 3. The van der Waals surface area contributed by atoms with Crippen LogP contribution in [0.5, 0.6) is 0 Å². The summed E-state index contributed by atoms with van der Waals surface area (Å²) in [5, 5.41) is 7.18. The van der Waals surface area contributed by atoms with Crippen molar-refractivity contribution in [1.29, 1.82) is 0 Å². The highest BCUT2D eigenvalue weighted by Crippen LogP contribution is 2.18. The maximum absolute atomic E-state index is 12.4. The molecule has 1 saturated heterocycles. The van der Waals surface area contributed by atoms with Crippen LogP contribution in [0.4, 0.5) is 0 Å². The molecule has 0 saturated carbocycles. The van der Waals surface area contributed by atoms with Gasteiger partial charge >= 0.3 is 0 Å². The number of amides is 1. The Labute approximate surface area is 123 Å². The summed E-state index contributed by atoms with van der Waals surface area (Å²) in [5.41, 5.74) is 2.37. The molecule has 1 fully saturated rings. The van der Waals surface area contributed by atoms with Gasteiger partial charge in [-0.15, -0.1) is 0 Å². The first-order valence-corrected chi connectivity index (χ1v) is 7.20. The van der Waals surface area contributed by atoms with Crippen LogP contribution >= 0.6 is 0 Å². The van der Waals surface area contributed by atoms with E-state index in [2.05, 4.69) is 15.6 Å². The molecule has 1 atom stereocenters. The number of para-hydroxylation sites is 1. The highest BCUT2D eigenvalue weighted by Gasteiger charge is 2.16. The number of morpholine rings is 1. The second kappa shape index (κ2) is 6.20. The zero-order valence-electron chi connectivity index (χ0n) is 12.1. The molecular formula is C16H19N3O2. The van der Waals surface area contributed by atoms with Crippen molar-refractivity contribution in [2.24, 2.45) is 0 Å². The molecule has 1 unspecified atom stereocenters. The first-order valence-electron chi connectivity index (χ1n) is 7.20. The number of aromatic nitrogens is 1. The minimum Gasteiger partial charge on any atom is -0.378 e. The van der Waals surface area contributed by atoms with Gasteiger partial charge in [-0.05, 0) is 19.1 Å². The lowest BCUT2D eigenvalue weighted by Crippen LogP contribution is -2.48. The van der Waals surface area contributed by atoms with Gasteiger partial charge in [0.05, 0.1) is 24.3 Å². The van der Waals surface area contributed by atoms with E-state index in [0.717, 1.165) is 29.7 Å². The Morgan fingerprint density at radius 3 is 3.14 bits per heavy atom. The van der Waals surface area contributed by atoms with E-state index in [1.165, 1.54) is 0 Å². The fourth-order valence-corrected chi connectivity index (χ4v) is 2.56. The smallest absolute Gasteiger partial charge is 0.252 e. The summed E-state index contributed by atoms with van der Waals surface area (Å²) >= 11 is 0. The SMILES string of the molecule is Cc1cc(C(=O)NCC2COCCN2)c2ccccc2n1. The highest BCUT2D eigenvalue weighted by molar-refractivity contribution is 6.06. The standard InChI is InChI=1S/C16H19N3O2/c1-11-8-14(13-4-2-3-5-15(13)19-11)16(20)18-9-12-10-21-7-6-17-12/h2-5,8,12,17H,6-7,9-10H2,1H3,(H,18,20). The number of benzene rings is 1. The van der Waals surface area contributed by atoms with E-state index in [1.54, 1.807) is 0 Å². The van der Waals surface area contributed by atoms with Crippen molar-refractivity contribution in [2.75, 3.05) is 26.3 Å². The van der Waals surface area contributed by atoms with Crippen molar-refractivity contribution in [3.05, 3.63) is 41.6 Å². The summed E-state index contributed by atoms with van der Waals surface area (Å²) in [7, 11) is 0. The quantitative estimate of drug-likeness (QED) is 0.891. The maximum atomic E-state index is 12.4. The Hall–Kier alpha value is -1.98. The normalized spacial score (nSPS) is 18.6. The van der Waals surface area contributed by atoms with Crippen molar-refractivity contribution >= 4 is 16.8 Å². The maximum Gasteiger partial charge on any atom is 0.252 e. The molecule has 0 aliphatic carbocycles. The van der Waals surface area contributed by atoms with Crippen LogP contribution < -0.4 is 10.6 Å². The fraction of sp³-hybridized carbons (Fsp3) is 0.375. The molecule has 1 aliphatic heterocycles. The van der Waals surface area contributed by atoms with E-state index in [0.29, 0.717) is 18.7 Å². The Bertz CT molecular complexity index is 651. The Kier molecular flexibility index (Phi) is 4.13. The van der Waals surface area contributed by atoms with Crippen LogP contribution in [0.3, 0.4) is 0 Å². The lowest BCUT2D eigenvalue weighted by molar-refractivity contribution is 0.0735. The zero-order chi connectivity index (χ0) is 14.7. The van der Waals surface area contributed by atoms with Gasteiger partial charge in [0.25, 0.3) is 5.91 Å². The molecule has 1 amide bonds. The van der Waals surface area contributed by atoms with Crippen molar-refractivity contribution in [2.45, 2.75) is 13.0 Å². The lowest BCUT2D eigenvalue weighted by Gasteiger charge is -2.24. The average molecular weight is 285 g/mol. The predicted molar refractivity (Wildman–Crippen MR) is 81.4 cm³/mol. The van der Waals surface area contributed by atoms with Crippen LogP contribution in [0.15, 0.2) is 30.3 Å². The van der Waals surface area contributed by atoms with E-state index < -0.39 is 0 Å². The van der Waals surface area contributed by atoms with Crippen molar-refractivity contribution < 1.29 is 9.53 Å². The second-order valence-corrected chi connectivity index (χ2v) is 5.26. The van der Waals surface area contributed by atoms with Crippen LogP contribution in [0, 0.1) is 6.92 Å². The fourth-order valence-electron chi connectivity index (χ4n) is 2.56. The predicted octanol–water partition coefficient (Wildman–Crippen LogP) is 1.26. The molecule has 0 spiro atoms. The van der Waals surface area contributed by atoms with Crippen molar-refractivity contribution in [1.82, 2.24) is 15.6 Å². The van der Waals surface area contributed by atoms with Gasteiger partial charge < -0.3 is 15.4 Å². The monoisotopic (exact) mass is 285 g/mol. The minimum atomic E-state index is -0.0657. The molecule has 1 aromatic carbocycles. The van der Waals surface area contributed by atoms with Crippen molar-refractivity contribution in [3.8, 4) is 0 Å². The van der Waals surface area contributed by atoms with Gasteiger partial charge in [0.1, 0.15) is 0 Å². The van der Waals surface area contributed by atoms with Gasteiger partial charge in [-0.25, -0.2) is 0 Å². The lowest BCUT2D eigenvalue weighted by atomic mass is 10.1. The van der Waals surface area contributed by atoms with Crippen LogP contribution in [0.25, 0.3) is 10.9 Å². The molecule has 3 rings (SSSR count). The third-order valence-electron chi connectivity index (χ3n) is 3.60. The molecule has 21 heavy (non-hydrogen) atoms. The van der Waals surface area contributed by atoms with Crippen molar-refractivity contribution in [3.63, 3.8) is 0 Å². The number of carbonyl (C=O) groups is 1. The topological polar surface area (TPSA) is 63.2 Å². The average Bonchev–Trinajstić information content (AvgIpc) is 2.52. The summed E-state index contributed by atoms with van der Waals surface area (Å²) in [6.45, 7) is 4.67. The summed E-state index contributed by atoms with van der Waals surface area (Å²) in [5.74, 6) is -0.0657. The third-order valence-corrected chi connectivity index (χ3v) is 3.60. The molecule has 2 heterocycles. The van der Waals surface area contributed by atoms with E-state index in [-0.39, 0.29) is 11.9 Å². The number of nitrogens with one attached hydrogen (secondary N) is 2. The number of carbonyl (C=O) groups excluding carboxylic acids is 1. The minimum absolute atomic E-state index is 0.0657. The molecular weight excluding hydrogens is 266 g/mol. The number of hydrogen-bond acceptors (Lipinski definition) is 4. The first-order chi connectivity index (χ1) is 10.2. The Morgan fingerprint density at radius 2 is 2.33 bits per heavy atom. The molecule has 0 radical (unpaired) electrons. The molecule has 2 N–H and O–H groups in total. The first kappa shape index (κ1) is 14.0. The third kappa shape index (κ3) is 3.20. The van der Waals surface area contributed by atoms with Gasteiger partial charge in [0.15, 0.2) is 0 Å². The van der Waals surface area contributed by atoms with E-state index in [9.17, 15) is 4.79 Å². The number of ether oxygens (including phenoxy) is 1. The number of fused-ring (bicyclic) bond motifs is 1. The van der Waals surface area contributed by atoms with Gasteiger partial charge in [-0.3, -0.25) is 9.78 Å². The summed E-state index contributed by atoms with van der Waals surface area (Å²) in [4.78, 5) is 16.9. The van der Waals surface area contributed by atoms with Gasteiger partial charge in [-0.2, -0.15) is 0 Å². The zero-order valence-corrected chi connectivity index (χ0v) is 12.1. The van der Waals surface area contributed by atoms with Gasteiger partial charge in [-0.1, -0.05) is 18.2 Å². The number of aryl methyl sites for hydroxylation is 1. The molecule has 2 aromatic rings. The number of nitrogens with zero attached hydrogens (tertiary/aromatic N) is 1. The number of hydrogen-bond donors (Lipinski definition) is 2. The molecule has 0 bridgehead atoms. The Morgan fingerprint density at radius 1 is 1.48 bits per heavy atom. The number of pyridine rings is 1. The van der Waals surface area contributed by atoms with Crippen LogP contribution in [0.1, 0.15) is 16.1 Å². The summed E-state index contributed by atoms with van der Waals surface area (Å²) < 4.78 is 5.39. The molecule has 5 heteroatoms. The Balaban J connectivity index is 1.77. The van der Waals surface area contributed by atoms with E-state index >= 15 is 0 Å². The van der Waals surface area contributed by atoms with E-state index in [4.69, 9.17) is 4.74 Å². The van der Waals surface area contributed by atoms with E-state index in [1.807, 2.05) is 37.3 Å². The van der Waals surface area contributed by atoms with Crippen LogP contribution in [-0.4, -0.2) is 43.2 Å². The van der Waals surface area contributed by atoms with Gasteiger partial charge in [0.2, 0.25) is 0 Å². The van der Waals surface area contributed by atoms with Gasteiger partial charge in [0, 0.05) is 30.2 Å². The molecule has 1 aliphatic rings. The molecule has 5 nitrogen and oxygen atoms in total. The molecule has 1 aromatic heterocycles. The largest absolute Gasteiger partial charge is 0.378 e. The summed E-state index contributed by atoms with van der Waals surface area (Å²) in [6, 6.07) is 9.72.